The van der Waals surface area contributed by atoms with Crippen molar-refractivity contribution < 1.29 is 4.92 Å². The van der Waals surface area contributed by atoms with Crippen molar-refractivity contribution in [3.05, 3.63) is 117 Å². The van der Waals surface area contributed by atoms with Gasteiger partial charge in [-0.15, -0.1) is 0 Å². The summed E-state index contributed by atoms with van der Waals surface area (Å²) in [6, 6.07) is 24.9. The highest BCUT2D eigenvalue weighted by Crippen LogP contribution is 2.36. The maximum Gasteiger partial charge on any atom is 0.353 e. The molecule has 3 aromatic carbocycles. The first kappa shape index (κ1) is 22.2. The molecule has 1 N–H and O–H groups in total. The van der Waals surface area contributed by atoms with Crippen LogP contribution in [0, 0.1) is 17.0 Å². The van der Waals surface area contributed by atoms with E-state index in [2.05, 4.69) is 15.3 Å². The maximum atomic E-state index is 12.2. The fourth-order valence-corrected chi connectivity index (χ4v) is 3.70. The summed E-state index contributed by atoms with van der Waals surface area (Å²) < 4.78 is 0. The van der Waals surface area contributed by atoms with E-state index < -0.39 is 4.92 Å². The Kier molecular flexibility index (Phi) is 6.80. The van der Waals surface area contributed by atoms with E-state index in [9.17, 15) is 10.1 Å². The van der Waals surface area contributed by atoms with Gasteiger partial charge in [0.1, 0.15) is 6.33 Å². The van der Waals surface area contributed by atoms with Gasteiger partial charge in [-0.1, -0.05) is 78.3 Å². The third-order valence-corrected chi connectivity index (χ3v) is 5.41. The van der Waals surface area contributed by atoms with Crippen LogP contribution in [0.5, 0.6) is 0 Å². The summed E-state index contributed by atoms with van der Waals surface area (Å²) in [7, 11) is 0. The van der Waals surface area contributed by atoms with E-state index in [1.807, 2.05) is 78.6 Å². The van der Waals surface area contributed by atoms with E-state index in [0.717, 1.165) is 16.7 Å². The van der Waals surface area contributed by atoms with Crippen LogP contribution < -0.4 is 10.2 Å². The smallest absolute Gasteiger partial charge is 0.342 e. The molecular formula is C25H22ClN5O2. The molecule has 4 aromatic rings. The highest BCUT2D eigenvalue weighted by Gasteiger charge is 2.28. The first-order valence-electron chi connectivity index (χ1n) is 10.4. The minimum Gasteiger partial charge on any atom is -0.342 e. The summed E-state index contributed by atoms with van der Waals surface area (Å²) in [5.74, 6) is 0.353. The Morgan fingerprint density at radius 1 is 0.939 bits per heavy atom. The lowest BCUT2D eigenvalue weighted by Crippen LogP contribution is -2.24. The van der Waals surface area contributed by atoms with Crippen molar-refractivity contribution in [2.24, 2.45) is 0 Å². The fraction of sp³-hybridized carbons (Fsp3) is 0.120. The highest BCUT2D eigenvalue weighted by molar-refractivity contribution is 6.30. The number of benzene rings is 3. The first-order valence-corrected chi connectivity index (χ1v) is 10.7. The molecule has 7 nitrogen and oxygen atoms in total. The van der Waals surface area contributed by atoms with Crippen LogP contribution in [0.3, 0.4) is 0 Å². The monoisotopic (exact) mass is 459 g/mol. The number of anilines is 3. The van der Waals surface area contributed by atoms with Gasteiger partial charge in [0, 0.05) is 23.8 Å². The van der Waals surface area contributed by atoms with Gasteiger partial charge in [-0.3, -0.25) is 10.1 Å². The van der Waals surface area contributed by atoms with Crippen LogP contribution in [0.25, 0.3) is 0 Å². The van der Waals surface area contributed by atoms with E-state index in [1.165, 1.54) is 6.33 Å². The molecule has 0 atom stereocenters. The topological polar surface area (TPSA) is 84.2 Å². The molecule has 0 aliphatic heterocycles. The van der Waals surface area contributed by atoms with Gasteiger partial charge in [0.05, 0.1) is 4.92 Å². The highest BCUT2D eigenvalue weighted by atomic mass is 35.5. The van der Waals surface area contributed by atoms with Gasteiger partial charge < -0.3 is 10.2 Å². The number of nitrogens with one attached hydrogen (secondary N) is 1. The normalized spacial score (nSPS) is 10.6. The molecule has 0 aliphatic carbocycles. The Labute approximate surface area is 196 Å². The summed E-state index contributed by atoms with van der Waals surface area (Å²) in [4.78, 5) is 22.2. The number of rotatable bonds is 8. The van der Waals surface area contributed by atoms with Crippen molar-refractivity contribution in [1.29, 1.82) is 0 Å². The van der Waals surface area contributed by atoms with Crippen molar-refractivity contribution in [3.63, 3.8) is 0 Å². The lowest BCUT2D eigenvalue weighted by atomic mass is 10.1. The number of aryl methyl sites for hydroxylation is 1. The second-order valence-corrected chi connectivity index (χ2v) is 8.00. The van der Waals surface area contributed by atoms with E-state index in [4.69, 9.17) is 11.6 Å². The summed E-state index contributed by atoms with van der Waals surface area (Å²) in [6.45, 7) is 2.79. The van der Waals surface area contributed by atoms with Gasteiger partial charge in [0.25, 0.3) is 0 Å². The van der Waals surface area contributed by atoms with Crippen LogP contribution in [0.15, 0.2) is 85.2 Å². The summed E-state index contributed by atoms with van der Waals surface area (Å²) in [6.07, 6.45) is 1.34. The minimum absolute atomic E-state index is 0.112. The van der Waals surface area contributed by atoms with Crippen molar-refractivity contribution >= 4 is 34.6 Å². The Bertz CT molecular complexity index is 1210. The number of nitrogens with zero attached hydrogens (tertiary/aromatic N) is 4. The quantitative estimate of drug-likeness (QED) is 0.246. The molecule has 0 unspecified atom stereocenters. The van der Waals surface area contributed by atoms with Crippen molar-refractivity contribution in [2.45, 2.75) is 20.0 Å². The molecule has 4 rings (SSSR count). The van der Waals surface area contributed by atoms with Crippen LogP contribution >= 0.6 is 11.6 Å². The molecule has 0 bridgehead atoms. The largest absolute Gasteiger partial charge is 0.353 e. The third-order valence-electron chi connectivity index (χ3n) is 5.17. The molecule has 0 saturated heterocycles. The SMILES string of the molecule is Cc1ccc(Cl)cc1Nc1ncnc(N(Cc2ccccc2)Cc2ccccc2)c1[N+](=O)[O-]. The lowest BCUT2D eigenvalue weighted by Gasteiger charge is -2.24. The molecule has 1 aromatic heterocycles. The molecule has 1 heterocycles. The predicted octanol–water partition coefficient (Wildman–Crippen LogP) is 6.30. The van der Waals surface area contributed by atoms with Crippen molar-refractivity contribution in [1.82, 2.24) is 9.97 Å². The fourth-order valence-electron chi connectivity index (χ4n) is 3.53. The Morgan fingerprint density at radius 3 is 2.12 bits per heavy atom. The average Bonchev–Trinajstić information content (AvgIpc) is 2.82. The van der Waals surface area contributed by atoms with Crippen LogP contribution in [-0.2, 0) is 13.1 Å². The van der Waals surface area contributed by atoms with Crippen LogP contribution in [0.1, 0.15) is 16.7 Å². The van der Waals surface area contributed by atoms with E-state index in [0.29, 0.717) is 23.8 Å². The van der Waals surface area contributed by atoms with Crippen LogP contribution in [0.2, 0.25) is 5.02 Å². The molecule has 0 spiro atoms. The Hall–Kier alpha value is -3.97. The Balaban J connectivity index is 1.77. The lowest BCUT2D eigenvalue weighted by molar-refractivity contribution is -0.383. The second-order valence-electron chi connectivity index (χ2n) is 7.56. The van der Waals surface area contributed by atoms with E-state index in [-0.39, 0.29) is 17.3 Å². The average molecular weight is 460 g/mol. The van der Waals surface area contributed by atoms with Crippen molar-refractivity contribution in [3.8, 4) is 0 Å². The standard InChI is InChI=1S/C25H22ClN5O2/c1-18-12-13-21(26)14-22(18)29-24-23(31(32)33)25(28-17-27-24)30(15-19-8-4-2-5-9-19)16-20-10-6-3-7-11-20/h2-14,17H,15-16H2,1H3,(H,27,28,29). The Morgan fingerprint density at radius 2 is 1.55 bits per heavy atom. The molecule has 0 radical (unpaired) electrons. The zero-order valence-corrected chi connectivity index (χ0v) is 18.7. The predicted molar refractivity (Wildman–Crippen MR) is 131 cm³/mol. The van der Waals surface area contributed by atoms with E-state index in [1.54, 1.807) is 12.1 Å². The number of nitro groups is 1. The number of halogens is 1. The molecule has 0 aliphatic rings. The zero-order valence-electron chi connectivity index (χ0n) is 18.0. The summed E-state index contributed by atoms with van der Waals surface area (Å²) in [5, 5.41) is 15.8. The van der Waals surface area contributed by atoms with Crippen molar-refractivity contribution in [2.75, 3.05) is 10.2 Å². The zero-order chi connectivity index (χ0) is 23.2. The van der Waals surface area contributed by atoms with Gasteiger partial charge in [-0.05, 0) is 35.7 Å². The molecule has 166 valence electrons. The summed E-state index contributed by atoms with van der Waals surface area (Å²) in [5.41, 5.74) is 3.37. The van der Waals surface area contributed by atoms with Gasteiger partial charge in [-0.2, -0.15) is 0 Å². The third kappa shape index (κ3) is 5.45. The number of hydrogen-bond acceptors (Lipinski definition) is 6. The molecule has 0 amide bonds. The van der Waals surface area contributed by atoms with Gasteiger partial charge in [0.2, 0.25) is 11.6 Å². The minimum atomic E-state index is -0.444. The number of hydrogen-bond donors (Lipinski definition) is 1. The first-order chi connectivity index (χ1) is 16.0. The molecule has 0 fully saturated rings. The molecule has 8 heteroatoms. The summed E-state index contributed by atoms with van der Waals surface area (Å²) >= 11 is 6.13. The van der Waals surface area contributed by atoms with Crippen LogP contribution in [0.4, 0.5) is 23.0 Å². The second kappa shape index (κ2) is 10.1. The van der Waals surface area contributed by atoms with E-state index >= 15 is 0 Å². The van der Waals surface area contributed by atoms with Gasteiger partial charge in [-0.25, -0.2) is 9.97 Å². The van der Waals surface area contributed by atoms with Crippen LogP contribution in [-0.4, -0.2) is 14.9 Å². The molecular weight excluding hydrogens is 438 g/mol. The number of aromatic nitrogens is 2. The molecule has 0 saturated carbocycles. The molecule has 33 heavy (non-hydrogen) atoms. The van der Waals surface area contributed by atoms with Gasteiger partial charge >= 0.3 is 5.69 Å². The maximum absolute atomic E-state index is 12.2. The van der Waals surface area contributed by atoms with Gasteiger partial charge in [0.15, 0.2) is 0 Å².